The lowest BCUT2D eigenvalue weighted by molar-refractivity contribution is 0.0574. The number of hydrogen-bond acceptors (Lipinski definition) is 4. The van der Waals surface area contributed by atoms with Gasteiger partial charge in [-0.25, -0.2) is 8.42 Å². The van der Waals surface area contributed by atoms with Crippen molar-refractivity contribution in [3.8, 4) is 0 Å². The molecule has 1 aromatic rings. The Bertz CT molecular complexity index is 684. The van der Waals surface area contributed by atoms with Crippen molar-refractivity contribution in [2.24, 2.45) is 4.99 Å². The first-order valence-corrected chi connectivity index (χ1v) is 10.8. The molecule has 1 aliphatic rings. The van der Waals surface area contributed by atoms with E-state index >= 15 is 0 Å². The van der Waals surface area contributed by atoms with Crippen LogP contribution in [0, 0.1) is 0 Å². The van der Waals surface area contributed by atoms with Gasteiger partial charge in [0.25, 0.3) is 0 Å². The molecule has 3 N–H and O–H groups in total. The van der Waals surface area contributed by atoms with Crippen LogP contribution in [0.25, 0.3) is 0 Å². The lowest BCUT2D eigenvalue weighted by Crippen LogP contribution is -2.40. The number of aliphatic hydroxyl groups is 1. The Balaban J connectivity index is 0.00000338. The molecule has 2 rings (SSSR count). The first kappa shape index (κ1) is 23.2. The molecule has 0 bridgehead atoms. The maximum Gasteiger partial charge on any atom is 0.191 e. The number of nitrogens with zero attached hydrogens (tertiary/aromatic N) is 1. The van der Waals surface area contributed by atoms with Gasteiger partial charge in [0.2, 0.25) is 0 Å². The highest BCUT2D eigenvalue weighted by Gasteiger charge is 2.30. The molecular formula is C18H30IN3O3S. The second kappa shape index (κ2) is 10.5. The monoisotopic (exact) mass is 495 g/mol. The molecule has 1 fully saturated rings. The van der Waals surface area contributed by atoms with E-state index < -0.39 is 15.4 Å². The van der Waals surface area contributed by atoms with E-state index in [9.17, 15) is 13.5 Å². The van der Waals surface area contributed by atoms with Crippen molar-refractivity contribution in [3.05, 3.63) is 29.8 Å². The summed E-state index contributed by atoms with van der Waals surface area (Å²) in [5, 5.41) is 16.8. The van der Waals surface area contributed by atoms with E-state index in [0.29, 0.717) is 23.9 Å². The molecule has 0 heterocycles. The number of benzene rings is 1. The van der Waals surface area contributed by atoms with E-state index in [4.69, 9.17) is 0 Å². The third kappa shape index (κ3) is 7.40. The van der Waals surface area contributed by atoms with Crippen LogP contribution in [0.1, 0.15) is 38.2 Å². The Kier molecular flexibility index (Phi) is 9.32. The van der Waals surface area contributed by atoms with Gasteiger partial charge in [0.05, 0.1) is 17.0 Å². The van der Waals surface area contributed by atoms with Crippen LogP contribution in [0.5, 0.6) is 0 Å². The molecule has 8 heteroatoms. The first-order valence-electron chi connectivity index (χ1n) is 8.86. The average molecular weight is 495 g/mol. The molecular weight excluding hydrogens is 465 g/mol. The van der Waals surface area contributed by atoms with Gasteiger partial charge in [-0.15, -0.1) is 24.0 Å². The lowest BCUT2D eigenvalue weighted by atomic mass is 10.0. The van der Waals surface area contributed by atoms with Gasteiger partial charge in [-0.2, -0.15) is 0 Å². The van der Waals surface area contributed by atoms with E-state index in [2.05, 4.69) is 15.6 Å². The highest BCUT2D eigenvalue weighted by molar-refractivity contribution is 14.0. The molecule has 1 aliphatic carbocycles. The zero-order chi connectivity index (χ0) is 18.3. The van der Waals surface area contributed by atoms with Gasteiger partial charge in [-0.1, -0.05) is 25.0 Å². The van der Waals surface area contributed by atoms with Crippen molar-refractivity contribution >= 4 is 39.8 Å². The Morgan fingerprint density at radius 2 is 1.81 bits per heavy atom. The topological polar surface area (TPSA) is 90.8 Å². The summed E-state index contributed by atoms with van der Waals surface area (Å²) in [6.45, 7) is 3.87. The zero-order valence-corrected chi connectivity index (χ0v) is 18.6. The maximum absolute atomic E-state index is 11.5. The van der Waals surface area contributed by atoms with Crippen LogP contribution in [0.4, 0.5) is 0 Å². The van der Waals surface area contributed by atoms with Crippen LogP contribution in [-0.4, -0.2) is 51.0 Å². The molecule has 1 aromatic carbocycles. The Hall–Kier alpha value is -0.870. The molecule has 0 aromatic heterocycles. The standard InChI is InChI=1S/C18H29N3O3S.HI/c1-3-19-17(21-14-18(22)11-4-5-12-18)20-13-10-15-6-8-16(9-7-15)25(2,23)24;/h6-9,22H,3-5,10-14H2,1-2H3,(H2,19,20,21);1H. The fraction of sp³-hybridized carbons (Fsp3) is 0.611. The summed E-state index contributed by atoms with van der Waals surface area (Å²) in [5.41, 5.74) is 0.411. The summed E-state index contributed by atoms with van der Waals surface area (Å²) < 4.78 is 22.9. The van der Waals surface area contributed by atoms with Gasteiger partial charge in [0, 0.05) is 19.3 Å². The van der Waals surface area contributed by atoms with Crippen molar-refractivity contribution in [1.29, 1.82) is 0 Å². The molecule has 1 saturated carbocycles. The second-order valence-electron chi connectivity index (χ2n) is 6.72. The number of nitrogens with one attached hydrogen (secondary N) is 2. The summed E-state index contributed by atoms with van der Waals surface area (Å²) in [7, 11) is -3.15. The first-order chi connectivity index (χ1) is 11.8. The van der Waals surface area contributed by atoms with Gasteiger partial charge in [0.15, 0.2) is 15.8 Å². The molecule has 0 amide bonds. The number of sulfone groups is 1. The third-order valence-electron chi connectivity index (χ3n) is 4.47. The van der Waals surface area contributed by atoms with Gasteiger partial charge < -0.3 is 15.7 Å². The smallest absolute Gasteiger partial charge is 0.191 e. The summed E-state index contributed by atoms with van der Waals surface area (Å²) in [4.78, 5) is 4.85. The molecule has 26 heavy (non-hydrogen) atoms. The quantitative estimate of drug-likeness (QED) is 0.306. The normalized spacial score (nSPS) is 16.8. The predicted molar refractivity (Wildman–Crippen MR) is 116 cm³/mol. The van der Waals surface area contributed by atoms with Crippen LogP contribution >= 0.6 is 24.0 Å². The third-order valence-corrected chi connectivity index (χ3v) is 5.60. The molecule has 6 nitrogen and oxygen atoms in total. The Labute approximate surface area is 173 Å². The summed E-state index contributed by atoms with van der Waals surface area (Å²) in [6.07, 6.45) is 5.75. The number of rotatable bonds is 7. The van der Waals surface area contributed by atoms with Crippen molar-refractivity contribution in [2.75, 3.05) is 25.9 Å². The van der Waals surface area contributed by atoms with Crippen LogP contribution in [0.3, 0.4) is 0 Å². The Morgan fingerprint density at radius 3 is 2.35 bits per heavy atom. The van der Waals surface area contributed by atoms with Crippen LogP contribution in [-0.2, 0) is 16.3 Å². The predicted octanol–water partition coefficient (Wildman–Crippen LogP) is 2.11. The highest BCUT2D eigenvalue weighted by atomic mass is 127. The minimum Gasteiger partial charge on any atom is -0.388 e. The van der Waals surface area contributed by atoms with Crippen molar-refractivity contribution in [1.82, 2.24) is 10.6 Å². The van der Waals surface area contributed by atoms with E-state index in [1.54, 1.807) is 12.1 Å². The van der Waals surface area contributed by atoms with Gasteiger partial charge in [0.1, 0.15) is 0 Å². The number of guanidine groups is 1. The minimum atomic E-state index is -3.15. The Morgan fingerprint density at radius 1 is 1.19 bits per heavy atom. The van der Waals surface area contributed by atoms with E-state index in [0.717, 1.165) is 44.2 Å². The van der Waals surface area contributed by atoms with Crippen molar-refractivity contribution < 1.29 is 13.5 Å². The van der Waals surface area contributed by atoms with E-state index in [1.165, 1.54) is 6.26 Å². The van der Waals surface area contributed by atoms with E-state index in [1.807, 2.05) is 19.1 Å². The fourth-order valence-corrected chi connectivity index (χ4v) is 3.62. The van der Waals surface area contributed by atoms with Crippen molar-refractivity contribution in [2.45, 2.75) is 49.5 Å². The van der Waals surface area contributed by atoms with Gasteiger partial charge in [-0.3, -0.25) is 4.99 Å². The fourth-order valence-electron chi connectivity index (χ4n) is 2.99. The summed E-state index contributed by atoms with van der Waals surface area (Å²) in [6, 6.07) is 6.95. The molecule has 0 atom stereocenters. The SMILES string of the molecule is CCNC(=NCC1(O)CCCC1)NCCc1ccc(S(C)(=O)=O)cc1.I. The second-order valence-corrected chi connectivity index (χ2v) is 8.74. The summed E-state index contributed by atoms with van der Waals surface area (Å²) >= 11 is 0. The molecule has 0 unspecified atom stereocenters. The van der Waals surface area contributed by atoms with Crippen LogP contribution in [0.2, 0.25) is 0 Å². The zero-order valence-electron chi connectivity index (χ0n) is 15.5. The number of aliphatic imine (C=N–C) groups is 1. The molecule has 0 saturated heterocycles. The van der Waals surface area contributed by atoms with Crippen LogP contribution in [0.15, 0.2) is 34.2 Å². The van der Waals surface area contributed by atoms with Gasteiger partial charge >= 0.3 is 0 Å². The molecule has 148 valence electrons. The van der Waals surface area contributed by atoms with Crippen molar-refractivity contribution in [3.63, 3.8) is 0 Å². The summed E-state index contributed by atoms with van der Waals surface area (Å²) in [5.74, 6) is 0.704. The lowest BCUT2D eigenvalue weighted by Gasteiger charge is -2.20. The number of hydrogen-bond donors (Lipinski definition) is 3. The minimum absolute atomic E-state index is 0. The molecule has 0 aliphatic heterocycles. The number of halogens is 1. The largest absolute Gasteiger partial charge is 0.388 e. The maximum atomic E-state index is 11.5. The van der Waals surface area contributed by atoms with Gasteiger partial charge in [-0.05, 0) is 43.9 Å². The highest BCUT2D eigenvalue weighted by Crippen LogP contribution is 2.29. The van der Waals surface area contributed by atoms with E-state index in [-0.39, 0.29) is 24.0 Å². The van der Waals surface area contributed by atoms with Crippen LogP contribution < -0.4 is 10.6 Å². The average Bonchev–Trinajstić information content (AvgIpc) is 2.99. The molecule has 0 spiro atoms. The molecule has 0 radical (unpaired) electrons.